The second-order valence-corrected chi connectivity index (χ2v) is 7.98. The lowest BCUT2D eigenvalue weighted by molar-refractivity contribution is -0.116. The van der Waals surface area contributed by atoms with Gasteiger partial charge in [0.05, 0.1) is 12.9 Å². The molecule has 0 aliphatic heterocycles. The Morgan fingerprint density at radius 3 is 2.62 bits per heavy atom. The Bertz CT molecular complexity index is 1310. The summed E-state index contributed by atoms with van der Waals surface area (Å²) in [5.74, 6) is 0.668. The van der Waals surface area contributed by atoms with Crippen molar-refractivity contribution in [1.82, 2.24) is 5.32 Å². The average Bonchev–Trinajstić information content (AvgIpc) is 3.23. The number of allylic oxidation sites excluding steroid dienone is 1. The fraction of sp³-hybridized carbons (Fsp3) is 0.250. The number of hydrogen-bond donors (Lipinski definition) is 1. The van der Waals surface area contributed by atoms with Gasteiger partial charge in [0.1, 0.15) is 11.3 Å². The maximum Gasteiger partial charge on any atom is 0.244 e. The first-order valence-electron chi connectivity index (χ1n) is 11.2. The molecule has 1 N–H and O–H groups in total. The van der Waals surface area contributed by atoms with Gasteiger partial charge in [-0.2, -0.15) is 0 Å². The summed E-state index contributed by atoms with van der Waals surface area (Å²) >= 11 is 0. The van der Waals surface area contributed by atoms with E-state index in [1.165, 1.54) is 10.8 Å². The summed E-state index contributed by atoms with van der Waals surface area (Å²) in [7, 11) is 0. The maximum absolute atomic E-state index is 12.3. The quantitative estimate of drug-likeness (QED) is 0.327. The van der Waals surface area contributed by atoms with Crippen molar-refractivity contribution in [2.24, 2.45) is 0 Å². The summed E-state index contributed by atoms with van der Waals surface area (Å²) in [5, 5.41) is 6.29. The first kappa shape index (κ1) is 21.7. The zero-order valence-electron chi connectivity index (χ0n) is 19.1. The van der Waals surface area contributed by atoms with Gasteiger partial charge in [0.2, 0.25) is 5.91 Å². The normalized spacial score (nSPS) is 11.8. The van der Waals surface area contributed by atoms with Gasteiger partial charge in [0, 0.05) is 34.7 Å². The molecule has 1 heterocycles. The third-order valence-electron chi connectivity index (χ3n) is 5.73. The molecule has 1 aromatic heterocycles. The predicted octanol–water partition coefficient (Wildman–Crippen LogP) is 6.89. The number of benzene rings is 3. The second-order valence-electron chi connectivity index (χ2n) is 7.98. The molecular formula is C28H29NO3. The molecule has 0 saturated carbocycles. The Morgan fingerprint density at radius 1 is 1.06 bits per heavy atom. The Balaban J connectivity index is 1.92. The summed E-state index contributed by atoms with van der Waals surface area (Å²) in [6.07, 6.45) is 4.37. The van der Waals surface area contributed by atoms with E-state index in [0.29, 0.717) is 13.2 Å². The number of amides is 1. The molecule has 0 aliphatic rings. The highest BCUT2D eigenvalue weighted by molar-refractivity contribution is 6.07. The van der Waals surface area contributed by atoms with Crippen LogP contribution in [0.25, 0.3) is 38.4 Å². The molecule has 0 fully saturated rings. The molecule has 4 nitrogen and oxygen atoms in total. The Hall–Kier alpha value is -3.53. The van der Waals surface area contributed by atoms with Crippen molar-refractivity contribution >= 4 is 33.2 Å². The van der Waals surface area contributed by atoms with Gasteiger partial charge in [-0.05, 0) is 55.2 Å². The van der Waals surface area contributed by atoms with Crippen molar-refractivity contribution in [2.75, 3.05) is 13.2 Å². The van der Waals surface area contributed by atoms with Gasteiger partial charge in [-0.15, -0.1) is 0 Å². The number of furan rings is 1. The van der Waals surface area contributed by atoms with Crippen LogP contribution in [0, 0.1) is 6.92 Å². The van der Waals surface area contributed by atoms with Gasteiger partial charge in [-0.25, -0.2) is 0 Å². The van der Waals surface area contributed by atoms with Gasteiger partial charge in [-0.1, -0.05) is 49.4 Å². The van der Waals surface area contributed by atoms with Crippen LogP contribution in [-0.2, 0) is 4.79 Å². The highest BCUT2D eigenvalue weighted by Gasteiger charge is 2.20. The Labute approximate surface area is 188 Å². The van der Waals surface area contributed by atoms with Crippen molar-refractivity contribution in [3.63, 3.8) is 0 Å². The number of nitrogens with one attached hydrogen (secondary N) is 1. The molecular weight excluding hydrogens is 398 g/mol. The third-order valence-corrected chi connectivity index (χ3v) is 5.73. The minimum absolute atomic E-state index is 0.0916. The molecule has 0 radical (unpaired) electrons. The number of rotatable bonds is 7. The minimum Gasteiger partial charge on any atom is -0.493 e. The molecule has 164 valence electrons. The lowest BCUT2D eigenvalue weighted by Crippen LogP contribution is -2.21. The van der Waals surface area contributed by atoms with E-state index in [-0.39, 0.29) is 5.91 Å². The third kappa shape index (κ3) is 4.01. The molecule has 4 heteroatoms. The summed E-state index contributed by atoms with van der Waals surface area (Å²) in [6, 6.07) is 16.8. The summed E-state index contributed by atoms with van der Waals surface area (Å²) < 4.78 is 12.1. The van der Waals surface area contributed by atoms with Crippen LogP contribution in [0.3, 0.4) is 0 Å². The van der Waals surface area contributed by atoms with E-state index in [1.807, 2.05) is 40.0 Å². The van der Waals surface area contributed by atoms with E-state index in [9.17, 15) is 4.79 Å². The number of fused-ring (bicyclic) bond motifs is 2. The number of carbonyl (C=O) groups excluding carboxylic acids is 1. The van der Waals surface area contributed by atoms with Crippen molar-refractivity contribution in [1.29, 1.82) is 0 Å². The monoisotopic (exact) mass is 427 g/mol. The summed E-state index contributed by atoms with van der Waals surface area (Å²) in [4.78, 5) is 12.3. The van der Waals surface area contributed by atoms with E-state index < -0.39 is 0 Å². The van der Waals surface area contributed by atoms with Crippen LogP contribution in [0.4, 0.5) is 0 Å². The van der Waals surface area contributed by atoms with E-state index in [4.69, 9.17) is 9.15 Å². The van der Waals surface area contributed by atoms with Gasteiger partial charge >= 0.3 is 0 Å². The second kappa shape index (κ2) is 9.31. The minimum atomic E-state index is -0.0916. The van der Waals surface area contributed by atoms with Crippen LogP contribution in [0.2, 0.25) is 0 Å². The average molecular weight is 428 g/mol. The zero-order valence-corrected chi connectivity index (χ0v) is 19.1. The van der Waals surface area contributed by atoms with E-state index in [1.54, 1.807) is 6.08 Å². The van der Waals surface area contributed by atoms with E-state index >= 15 is 0 Å². The van der Waals surface area contributed by atoms with Crippen LogP contribution in [-0.4, -0.2) is 19.1 Å². The topological polar surface area (TPSA) is 51.5 Å². The number of aryl methyl sites for hydroxylation is 1. The van der Waals surface area contributed by atoms with Crippen LogP contribution < -0.4 is 10.1 Å². The predicted molar refractivity (Wildman–Crippen MR) is 132 cm³/mol. The molecule has 0 bridgehead atoms. The molecule has 3 aromatic carbocycles. The summed E-state index contributed by atoms with van der Waals surface area (Å²) in [6.45, 7) is 9.15. The number of hydrogen-bond acceptors (Lipinski definition) is 3. The van der Waals surface area contributed by atoms with Crippen molar-refractivity contribution in [3.05, 3.63) is 72.0 Å². The fourth-order valence-corrected chi connectivity index (χ4v) is 4.18. The SMILES string of the molecule is CCCNC(=O)/C=C(\C)c1cc2c(-c3cccc4ccccc34)coc2c(C)c1OCC. The highest BCUT2D eigenvalue weighted by atomic mass is 16.5. The van der Waals surface area contributed by atoms with Crippen LogP contribution in [0.5, 0.6) is 5.75 Å². The molecule has 1 amide bonds. The smallest absolute Gasteiger partial charge is 0.244 e. The van der Waals surface area contributed by atoms with E-state index in [0.717, 1.165) is 51.0 Å². The van der Waals surface area contributed by atoms with Crippen molar-refractivity contribution < 1.29 is 13.9 Å². The van der Waals surface area contributed by atoms with Crippen LogP contribution in [0.1, 0.15) is 38.3 Å². The van der Waals surface area contributed by atoms with Gasteiger partial charge in [-0.3, -0.25) is 4.79 Å². The maximum atomic E-state index is 12.3. The molecule has 0 unspecified atom stereocenters. The fourth-order valence-electron chi connectivity index (χ4n) is 4.18. The molecule has 0 aliphatic carbocycles. The van der Waals surface area contributed by atoms with Crippen molar-refractivity contribution in [2.45, 2.75) is 34.1 Å². The van der Waals surface area contributed by atoms with Gasteiger partial charge in [0.15, 0.2) is 0 Å². The highest BCUT2D eigenvalue weighted by Crippen LogP contribution is 2.42. The molecule has 32 heavy (non-hydrogen) atoms. The van der Waals surface area contributed by atoms with Crippen LogP contribution >= 0.6 is 0 Å². The molecule has 0 atom stereocenters. The van der Waals surface area contributed by atoms with E-state index in [2.05, 4.69) is 47.8 Å². The number of ether oxygens (including phenoxy) is 1. The van der Waals surface area contributed by atoms with Crippen LogP contribution in [0.15, 0.2) is 65.3 Å². The Kier molecular flexibility index (Phi) is 6.31. The first-order chi connectivity index (χ1) is 15.5. The Morgan fingerprint density at radius 2 is 1.84 bits per heavy atom. The zero-order chi connectivity index (χ0) is 22.7. The van der Waals surface area contributed by atoms with Gasteiger partial charge < -0.3 is 14.5 Å². The van der Waals surface area contributed by atoms with Gasteiger partial charge in [0.25, 0.3) is 0 Å². The molecule has 0 spiro atoms. The lowest BCUT2D eigenvalue weighted by Gasteiger charge is -2.15. The molecule has 4 rings (SSSR count). The number of carbonyl (C=O) groups is 1. The largest absolute Gasteiger partial charge is 0.493 e. The lowest BCUT2D eigenvalue weighted by atomic mass is 9.94. The first-order valence-corrected chi connectivity index (χ1v) is 11.2. The standard InChI is InChI=1S/C28H29NO3/c1-5-14-29-26(30)15-18(3)23-16-24-25(17-32-28(24)19(4)27(23)31-6-2)22-13-9-11-20-10-7-8-12-21(20)22/h7-13,15-17H,5-6,14H2,1-4H3,(H,29,30)/b18-15+. The summed E-state index contributed by atoms with van der Waals surface area (Å²) in [5.41, 5.74) is 5.67. The van der Waals surface area contributed by atoms with Crippen molar-refractivity contribution in [3.8, 4) is 16.9 Å². The molecule has 4 aromatic rings. The molecule has 0 saturated heterocycles.